The maximum absolute atomic E-state index is 11.9. The number of aliphatic carboxylic acids is 1. The molecule has 1 rings (SSSR count). The van der Waals surface area contributed by atoms with Crippen LogP contribution in [0, 0.1) is 0 Å². The number of carbonyl (C=O) groups excluding carboxylic acids is 1. The van der Waals surface area contributed by atoms with Crippen molar-refractivity contribution in [2.45, 2.75) is 6.18 Å². The predicted molar refractivity (Wildman–Crippen MR) is 60.1 cm³/mol. The Morgan fingerprint density at radius 2 is 2.20 bits per heavy atom. The normalized spacial score (nSPS) is 11.8. The number of nitrogens with one attached hydrogen (secondary N) is 1. The summed E-state index contributed by atoms with van der Waals surface area (Å²) in [4.78, 5) is 28.7. The van der Waals surface area contributed by atoms with Gasteiger partial charge in [0.05, 0.1) is 0 Å². The van der Waals surface area contributed by atoms with Gasteiger partial charge in [-0.05, 0) is 12.1 Å². The van der Waals surface area contributed by atoms with Crippen LogP contribution in [-0.2, 0) is 14.4 Å². The molecule has 0 aromatic carbocycles. The van der Waals surface area contributed by atoms with Crippen molar-refractivity contribution in [1.82, 2.24) is 4.98 Å². The lowest BCUT2D eigenvalue weighted by molar-refractivity contribution is -0.174. The largest absolute Gasteiger partial charge is 0.476 e. The average molecular weight is 291 g/mol. The van der Waals surface area contributed by atoms with Gasteiger partial charge in [0.25, 0.3) is 0 Å². The SMILES string of the molecule is O=CNc1cccc(C(=NOCC(F)(F)F)C(=O)O)n1. The van der Waals surface area contributed by atoms with Crippen molar-refractivity contribution in [1.29, 1.82) is 0 Å². The lowest BCUT2D eigenvalue weighted by Gasteiger charge is -2.06. The van der Waals surface area contributed by atoms with E-state index < -0.39 is 24.5 Å². The van der Waals surface area contributed by atoms with Crippen molar-refractivity contribution in [3.63, 3.8) is 0 Å². The molecule has 7 nitrogen and oxygen atoms in total. The van der Waals surface area contributed by atoms with E-state index in [1.807, 2.05) is 0 Å². The highest BCUT2D eigenvalue weighted by molar-refractivity contribution is 6.41. The second-order valence-electron chi connectivity index (χ2n) is 3.30. The van der Waals surface area contributed by atoms with Gasteiger partial charge in [-0.1, -0.05) is 11.2 Å². The highest BCUT2D eigenvalue weighted by Gasteiger charge is 2.29. The van der Waals surface area contributed by atoms with Crippen molar-refractivity contribution in [3.8, 4) is 0 Å². The van der Waals surface area contributed by atoms with Crippen LogP contribution in [0.5, 0.6) is 0 Å². The highest BCUT2D eigenvalue weighted by Crippen LogP contribution is 2.15. The molecule has 0 aliphatic carbocycles. The van der Waals surface area contributed by atoms with Crippen LogP contribution in [-0.4, -0.2) is 41.0 Å². The van der Waals surface area contributed by atoms with Crippen LogP contribution < -0.4 is 5.32 Å². The Hall–Kier alpha value is -2.65. The minimum absolute atomic E-state index is 0.0160. The van der Waals surface area contributed by atoms with Gasteiger partial charge >= 0.3 is 12.1 Å². The third-order valence-corrected chi connectivity index (χ3v) is 1.79. The number of hydrogen-bond acceptors (Lipinski definition) is 5. The molecule has 10 heteroatoms. The van der Waals surface area contributed by atoms with Crippen molar-refractivity contribution in [2.75, 3.05) is 11.9 Å². The van der Waals surface area contributed by atoms with E-state index in [0.717, 1.165) is 0 Å². The molecule has 20 heavy (non-hydrogen) atoms. The molecule has 0 radical (unpaired) electrons. The van der Waals surface area contributed by atoms with Crippen molar-refractivity contribution in [3.05, 3.63) is 23.9 Å². The molecule has 1 aromatic rings. The van der Waals surface area contributed by atoms with E-state index in [-0.39, 0.29) is 11.5 Å². The van der Waals surface area contributed by atoms with Crippen LogP contribution in [0.2, 0.25) is 0 Å². The minimum atomic E-state index is -4.64. The lowest BCUT2D eigenvalue weighted by Crippen LogP contribution is -2.20. The lowest BCUT2D eigenvalue weighted by atomic mass is 10.2. The number of nitrogens with zero attached hydrogens (tertiary/aromatic N) is 2. The Morgan fingerprint density at radius 3 is 2.75 bits per heavy atom. The van der Waals surface area contributed by atoms with Crippen LogP contribution in [0.1, 0.15) is 5.69 Å². The fourth-order valence-corrected chi connectivity index (χ4v) is 1.07. The maximum Gasteiger partial charge on any atom is 0.425 e. The first kappa shape index (κ1) is 15.4. The fraction of sp³-hybridized carbons (Fsp3) is 0.200. The number of halogens is 3. The molecular weight excluding hydrogens is 283 g/mol. The topological polar surface area (TPSA) is 101 Å². The molecule has 108 valence electrons. The van der Waals surface area contributed by atoms with Gasteiger partial charge in [0, 0.05) is 0 Å². The van der Waals surface area contributed by atoms with E-state index >= 15 is 0 Å². The monoisotopic (exact) mass is 291 g/mol. The number of carboxylic acid groups (broad SMARTS) is 1. The minimum Gasteiger partial charge on any atom is -0.476 e. The van der Waals surface area contributed by atoms with Crippen molar-refractivity contribution < 1.29 is 32.7 Å². The Bertz CT molecular complexity index is 531. The summed E-state index contributed by atoms with van der Waals surface area (Å²) in [5.41, 5.74) is -1.07. The number of hydrogen-bond donors (Lipinski definition) is 2. The molecule has 1 amide bonds. The van der Waals surface area contributed by atoms with Gasteiger partial charge in [-0.3, -0.25) is 4.79 Å². The van der Waals surface area contributed by atoms with Gasteiger partial charge in [-0.2, -0.15) is 13.2 Å². The molecular formula is C10H8F3N3O4. The molecule has 1 heterocycles. The average Bonchev–Trinajstić information content (AvgIpc) is 2.33. The summed E-state index contributed by atoms with van der Waals surface area (Å²) in [5, 5.41) is 13.9. The number of amides is 1. The quantitative estimate of drug-likeness (QED) is 0.463. The summed E-state index contributed by atoms with van der Waals surface area (Å²) in [5.74, 6) is -1.61. The summed E-state index contributed by atoms with van der Waals surface area (Å²) in [6.45, 7) is -1.73. The zero-order chi connectivity index (χ0) is 15.2. The van der Waals surface area contributed by atoms with Gasteiger partial charge in [0.1, 0.15) is 11.5 Å². The van der Waals surface area contributed by atoms with Crippen molar-refractivity contribution in [2.24, 2.45) is 5.16 Å². The molecule has 1 aromatic heterocycles. The zero-order valence-corrected chi connectivity index (χ0v) is 9.72. The smallest absolute Gasteiger partial charge is 0.425 e. The molecule has 0 bridgehead atoms. The third-order valence-electron chi connectivity index (χ3n) is 1.79. The molecule has 0 fully saturated rings. The molecule has 0 unspecified atom stereocenters. The number of pyridine rings is 1. The third kappa shape index (κ3) is 4.92. The maximum atomic E-state index is 11.9. The molecule has 0 aliphatic heterocycles. The first-order valence-electron chi connectivity index (χ1n) is 5.01. The molecule has 0 atom stereocenters. The predicted octanol–water partition coefficient (Wildman–Crippen LogP) is 1.02. The number of rotatable bonds is 6. The second kappa shape index (κ2) is 6.50. The fourth-order valence-electron chi connectivity index (χ4n) is 1.07. The Kier molecular flexibility index (Phi) is 5.01. The summed E-state index contributed by atoms with van der Waals surface area (Å²) >= 11 is 0. The Labute approximate surface area is 110 Å². The number of anilines is 1. The van der Waals surface area contributed by atoms with Crippen LogP contribution in [0.25, 0.3) is 0 Å². The Morgan fingerprint density at radius 1 is 1.50 bits per heavy atom. The molecule has 0 saturated carbocycles. The van der Waals surface area contributed by atoms with E-state index in [4.69, 9.17) is 5.11 Å². The number of oxime groups is 1. The Balaban J connectivity index is 2.96. The first-order valence-corrected chi connectivity index (χ1v) is 5.01. The highest BCUT2D eigenvalue weighted by atomic mass is 19.4. The number of alkyl halides is 3. The van der Waals surface area contributed by atoms with Crippen LogP contribution >= 0.6 is 0 Å². The van der Waals surface area contributed by atoms with E-state index in [0.29, 0.717) is 6.41 Å². The molecule has 0 spiro atoms. The second-order valence-corrected chi connectivity index (χ2v) is 3.30. The number of carboxylic acids is 1. The van der Waals surface area contributed by atoms with Crippen molar-refractivity contribution >= 4 is 23.9 Å². The number of aromatic nitrogens is 1. The van der Waals surface area contributed by atoms with Gasteiger partial charge in [-0.15, -0.1) is 0 Å². The van der Waals surface area contributed by atoms with E-state index in [1.54, 1.807) is 0 Å². The summed E-state index contributed by atoms with van der Waals surface area (Å²) in [6, 6.07) is 3.89. The standard InChI is InChI=1S/C10H8F3N3O4/c11-10(12,13)4-20-16-8(9(18)19)6-2-1-3-7(15-6)14-5-17/h1-3,5H,4H2,(H,18,19)(H,14,15,17). The van der Waals surface area contributed by atoms with E-state index in [2.05, 4.69) is 20.3 Å². The molecule has 2 N–H and O–H groups in total. The number of carbonyl (C=O) groups is 2. The van der Waals surface area contributed by atoms with Gasteiger partial charge in [0.2, 0.25) is 18.7 Å². The molecule has 0 saturated heterocycles. The van der Waals surface area contributed by atoms with E-state index in [1.165, 1.54) is 18.2 Å². The van der Waals surface area contributed by atoms with Crippen LogP contribution in [0.4, 0.5) is 19.0 Å². The van der Waals surface area contributed by atoms with Gasteiger partial charge in [-0.25, -0.2) is 9.78 Å². The first-order chi connectivity index (χ1) is 9.33. The summed E-state index contributed by atoms with van der Waals surface area (Å²) in [6.07, 6.45) is -4.33. The van der Waals surface area contributed by atoms with Gasteiger partial charge < -0.3 is 15.3 Å². The van der Waals surface area contributed by atoms with Gasteiger partial charge in [0.15, 0.2) is 0 Å². The van der Waals surface area contributed by atoms with E-state index in [9.17, 15) is 22.8 Å². The summed E-state index contributed by atoms with van der Waals surface area (Å²) < 4.78 is 35.6. The van der Waals surface area contributed by atoms with Crippen LogP contribution in [0.15, 0.2) is 23.4 Å². The zero-order valence-electron chi connectivity index (χ0n) is 9.72. The van der Waals surface area contributed by atoms with Crippen LogP contribution in [0.3, 0.4) is 0 Å². The summed E-state index contributed by atoms with van der Waals surface area (Å²) in [7, 11) is 0. The molecule has 0 aliphatic rings.